The van der Waals surface area contributed by atoms with Crippen LogP contribution in [-0.4, -0.2) is 32.9 Å². The predicted octanol–water partition coefficient (Wildman–Crippen LogP) is 2.82. The van der Waals surface area contributed by atoms with Gasteiger partial charge in [-0.3, -0.25) is 4.79 Å². The Bertz CT molecular complexity index is 616. The smallest absolute Gasteiger partial charge is 0.227 e. The number of amides is 1. The van der Waals surface area contributed by atoms with E-state index in [9.17, 15) is 13.2 Å². The van der Waals surface area contributed by atoms with Crippen LogP contribution in [0.1, 0.15) is 49.1 Å². The third-order valence-corrected chi connectivity index (χ3v) is 5.56. The molecule has 1 aliphatic carbocycles. The van der Waals surface area contributed by atoms with Crippen LogP contribution in [0.2, 0.25) is 0 Å². The van der Waals surface area contributed by atoms with Gasteiger partial charge in [0.05, 0.1) is 11.7 Å². The van der Waals surface area contributed by atoms with E-state index < -0.39 is 9.84 Å². The Labute approximate surface area is 139 Å². The van der Waals surface area contributed by atoms with E-state index in [-0.39, 0.29) is 24.1 Å². The zero-order valence-corrected chi connectivity index (χ0v) is 14.9. The zero-order valence-electron chi connectivity index (χ0n) is 14.0. The molecule has 0 heterocycles. The third kappa shape index (κ3) is 5.65. The summed E-state index contributed by atoms with van der Waals surface area (Å²) < 4.78 is 22.5. The summed E-state index contributed by atoms with van der Waals surface area (Å²) in [5.74, 6) is 0.133. The summed E-state index contributed by atoms with van der Waals surface area (Å²) in [6.45, 7) is 2.22. The van der Waals surface area contributed by atoms with Gasteiger partial charge >= 0.3 is 0 Å². The summed E-state index contributed by atoms with van der Waals surface area (Å²) >= 11 is 0. The molecule has 0 radical (unpaired) electrons. The molecule has 0 saturated heterocycles. The van der Waals surface area contributed by atoms with E-state index in [0.29, 0.717) is 5.92 Å². The molecule has 0 bridgehead atoms. The Morgan fingerprint density at radius 2 is 1.78 bits per heavy atom. The minimum atomic E-state index is -3.06. The first-order valence-corrected chi connectivity index (χ1v) is 10.4. The quantitative estimate of drug-likeness (QED) is 0.868. The van der Waals surface area contributed by atoms with Gasteiger partial charge in [-0.25, -0.2) is 8.42 Å². The molecule has 5 heteroatoms. The van der Waals surface area contributed by atoms with Gasteiger partial charge < -0.3 is 5.32 Å². The van der Waals surface area contributed by atoms with Gasteiger partial charge in [0.2, 0.25) is 5.91 Å². The van der Waals surface area contributed by atoms with E-state index in [4.69, 9.17) is 0 Å². The first-order chi connectivity index (χ1) is 10.9. The van der Waals surface area contributed by atoms with Gasteiger partial charge in [-0.15, -0.1) is 0 Å². The molecule has 1 N–H and O–H groups in total. The number of sulfone groups is 1. The number of rotatable bonds is 6. The fourth-order valence-electron chi connectivity index (χ4n) is 3.35. The molecular formula is C18H27NO3S. The summed E-state index contributed by atoms with van der Waals surface area (Å²) in [5, 5.41) is 2.83. The van der Waals surface area contributed by atoms with Gasteiger partial charge in [0, 0.05) is 12.8 Å². The maximum atomic E-state index is 12.7. The van der Waals surface area contributed by atoms with Crippen LogP contribution in [0.4, 0.5) is 0 Å². The van der Waals surface area contributed by atoms with Crippen LogP contribution in [0.5, 0.6) is 0 Å². The molecule has 1 aromatic carbocycles. The van der Waals surface area contributed by atoms with Crippen LogP contribution in [0.15, 0.2) is 24.3 Å². The Balaban J connectivity index is 2.12. The van der Waals surface area contributed by atoms with Crippen molar-refractivity contribution in [2.45, 2.75) is 44.9 Å². The number of hydrogen-bond donors (Lipinski definition) is 1. The van der Waals surface area contributed by atoms with E-state index in [1.54, 1.807) is 0 Å². The van der Waals surface area contributed by atoms with Gasteiger partial charge in [0.25, 0.3) is 0 Å². The van der Waals surface area contributed by atoms with Crippen LogP contribution < -0.4 is 5.32 Å². The van der Waals surface area contributed by atoms with E-state index in [1.165, 1.54) is 31.1 Å². The maximum absolute atomic E-state index is 12.7. The molecule has 23 heavy (non-hydrogen) atoms. The molecule has 1 fully saturated rings. The highest BCUT2D eigenvalue weighted by Crippen LogP contribution is 2.36. The van der Waals surface area contributed by atoms with Crippen molar-refractivity contribution in [1.82, 2.24) is 5.32 Å². The Hall–Kier alpha value is -1.36. The highest BCUT2D eigenvalue weighted by Gasteiger charge is 2.30. The standard InChI is InChI=1S/C18H27NO3S/c1-14-8-10-16(11-9-14)17(15-6-4-3-5-7-15)18(20)19-12-13-23(2,21)22/h8-11,15,17H,3-7,12-13H2,1-2H3,(H,19,20). The maximum Gasteiger partial charge on any atom is 0.227 e. The van der Waals surface area contributed by atoms with Crippen LogP contribution >= 0.6 is 0 Å². The lowest BCUT2D eigenvalue weighted by atomic mass is 9.76. The molecule has 1 atom stereocenters. The Kier molecular flexibility index (Phi) is 6.22. The van der Waals surface area contributed by atoms with Crippen molar-refractivity contribution >= 4 is 15.7 Å². The SMILES string of the molecule is Cc1ccc(C(C(=O)NCCS(C)(=O)=O)C2CCCCC2)cc1. The largest absolute Gasteiger partial charge is 0.355 e. The van der Waals surface area contributed by atoms with Gasteiger partial charge in [-0.05, 0) is 31.2 Å². The molecule has 1 unspecified atom stereocenters. The molecule has 1 aromatic rings. The Morgan fingerprint density at radius 3 is 2.35 bits per heavy atom. The summed E-state index contributed by atoms with van der Waals surface area (Å²) in [6.07, 6.45) is 6.91. The molecule has 1 amide bonds. The third-order valence-electron chi connectivity index (χ3n) is 4.61. The normalized spacial score (nSPS) is 17.7. The summed E-state index contributed by atoms with van der Waals surface area (Å²) in [7, 11) is -3.06. The number of benzene rings is 1. The second-order valence-electron chi connectivity index (χ2n) is 6.71. The molecular weight excluding hydrogens is 310 g/mol. The lowest BCUT2D eigenvalue weighted by Gasteiger charge is -2.30. The van der Waals surface area contributed by atoms with Crippen LogP contribution in [-0.2, 0) is 14.6 Å². The molecule has 0 aliphatic heterocycles. The lowest BCUT2D eigenvalue weighted by molar-refractivity contribution is -0.124. The van der Waals surface area contributed by atoms with Gasteiger partial charge in [-0.1, -0.05) is 49.1 Å². The van der Waals surface area contributed by atoms with Gasteiger partial charge in [0.15, 0.2) is 0 Å². The van der Waals surface area contributed by atoms with Crippen molar-refractivity contribution in [3.05, 3.63) is 35.4 Å². The van der Waals surface area contributed by atoms with Crippen molar-refractivity contribution in [1.29, 1.82) is 0 Å². The van der Waals surface area contributed by atoms with Crippen LogP contribution in [0.25, 0.3) is 0 Å². The van der Waals surface area contributed by atoms with Crippen LogP contribution in [0, 0.1) is 12.8 Å². The van der Waals surface area contributed by atoms with E-state index in [2.05, 4.69) is 5.32 Å². The fourth-order valence-corrected chi connectivity index (χ4v) is 3.82. The minimum Gasteiger partial charge on any atom is -0.355 e. The molecule has 1 saturated carbocycles. The predicted molar refractivity (Wildman–Crippen MR) is 93.2 cm³/mol. The summed E-state index contributed by atoms with van der Waals surface area (Å²) in [4.78, 5) is 12.7. The average Bonchev–Trinajstić information content (AvgIpc) is 2.49. The fraction of sp³-hybridized carbons (Fsp3) is 0.611. The number of hydrogen-bond acceptors (Lipinski definition) is 3. The molecule has 0 aromatic heterocycles. The van der Waals surface area contributed by atoms with Crippen molar-refractivity contribution in [3.63, 3.8) is 0 Å². The van der Waals surface area contributed by atoms with E-state index >= 15 is 0 Å². The minimum absolute atomic E-state index is 0.00990. The number of nitrogens with one attached hydrogen (secondary N) is 1. The number of carbonyl (C=O) groups excluding carboxylic acids is 1. The van der Waals surface area contributed by atoms with E-state index in [0.717, 1.165) is 18.4 Å². The highest BCUT2D eigenvalue weighted by molar-refractivity contribution is 7.90. The average molecular weight is 337 g/mol. The zero-order chi connectivity index (χ0) is 16.9. The van der Waals surface area contributed by atoms with Gasteiger partial charge in [0.1, 0.15) is 9.84 Å². The van der Waals surface area contributed by atoms with Crippen molar-refractivity contribution in [3.8, 4) is 0 Å². The van der Waals surface area contributed by atoms with E-state index in [1.807, 2.05) is 31.2 Å². The molecule has 2 rings (SSSR count). The second kappa shape index (κ2) is 7.95. The molecule has 0 spiro atoms. The monoisotopic (exact) mass is 337 g/mol. The Morgan fingerprint density at radius 1 is 1.17 bits per heavy atom. The second-order valence-corrected chi connectivity index (χ2v) is 8.97. The topological polar surface area (TPSA) is 63.2 Å². The first-order valence-electron chi connectivity index (χ1n) is 8.39. The lowest BCUT2D eigenvalue weighted by Crippen LogP contribution is -2.36. The molecule has 4 nitrogen and oxygen atoms in total. The van der Waals surface area contributed by atoms with Crippen LogP contribution in [0.3, 0.4) is 0 Å². The molecule has 128 valence electrons. The van der Waals surface area contributed by atoms with Crippen molar-refractivity contribution in [2.24, 2.45) is 5.92 Å². The number of aryl methyl sites for hydroxylation is 1. The number of carbonyl (C=O) groups is 1. The van der Waals surface area contributed by atoms with Crippen molar-refractivity contribution in [2.75, 3.05) is 18.6 Å². The summed E-state index contributed by atoms with van der Waals surface area (Å²) in [5.41, 5.74) is 2.22. The van der Waals surface area contributed by atoms with Gasteiger partial charge in [-0.2, -0.15) is 0 Å². The summed E-state index contributed by atoms with van der Waals surface area (Å²) in [6, 6.07) is 8.14. The van der Waals surface area contributed by atoms with Crippen molar-refractivity contribution < 1.29 is 13.2 Å². The molecule has 1 aliphatic rings. The highest BCUT2D eigenvalue weighted by atomic mass is 32.2. The first kappa shape index (κ1) is 18.0.